The number of esters is 1. The van der Waals surface area contributed by atoms with Gasteiger partial charge >= 0.3 is 12.1 Å². The fourth-order valence-corrected chi connectivity index (χ4v) is 2.56. The largest absolute Gasteiger partial charge is 0.468 e. The Kier molecular flexibility index (Phi) is 5.60. The second-order valence-corrected chi connectivity index (χ2v) is 5.18. The van der Waals surface area contributed by atoms with Crippen LogP contribution in [0.4, 0.5) is 4.79 Å². The average molecular weight is 291 g/mol. The Hall–Kier alpha value is -2.04. The van der Waals surface area contributed by atoms with Crippen LogP contribution in [0.15, 0.2) is 30.3 Å². The first-order valence-corrected chi connectivity index (χ1v) is 7.25. The molecule has 1 saturated carbocycles. The van der Waals surface area contributed by atoms with E-state index in [1.165, 1.54) is 12.0 Å². The van der Waals surface area contributed by atoms with Crippen molar-refractivity contribution in [2.75, 3.05) is 13.7 Å². The molecular weight excluding hydrogens is 270 g/mol. The molecular formula is C16H21NO4. The number of hydrogen-bond donors (Lipinski definition) is 0. The molecule has 0 radical (unpaired) electrons. The highest BCUT2D eigenvalue weighted by atomic mass is 16.6. The maximum Gasteiger partial charge on any atom is 0.410 e. The predicted octanol–water partition coefficient (Wildman–Crippen LogP) is 2.74. The summed E-state index contributed by atoms with van der Waals surface area (Å²) in [6.07, 6.45) is 3.54. The minimum Gasteiger partial charge on any atom is -0.468 e. The first-order chi connectivity index (χ1) is 10.2. The van der Waals surface area contributed by atoms with Crippen LogP contribution in [0.5, 0.6) is 0 Å². The van der Waals surface area contributed by atoms with Crippen molar-refractivity contribution in [2.45, 2.75) is 38.3 Å². The molecule has 0 heterocycles. The molecule has 0 saturated heterocycles. The van der Waals surface area contributed by atoms with E-state index in [1.54, 1.807) is 0 Å². The molecule has 0 spiro atoms. The minimum absolute atomic E-state index is 0.0468. The minimum atomic E-state index is -0.448. The molecule has 1 amide bonds. The van der Waals surface area contributed by atoms with Gasteiger partial charge in [0.05, 0.1) is 7.11 Å². The van der Waals surface area contributed by atoms with Crippen molar-refractivity contribution >= 4 is 12.1 Å². The summed E-state index contributed by atoms with van der Waals surface area (Å²) in [6, 6.07) is 9.57. The Morgan fingerprint density at radius 3 is 2.48 bits per heavy atom. The van der Waals surface area contributed by atoms with Gasteiger partial charge in [0.15, 0.2) is 0 Å². The summed E-state index contributed by atoms with van der Waals surface area (Å²) in [5.41, 5.74) is 0.926. The van der Waals surface area contributed by atoms with Gasteiger partial charge in [-0.05, 0) is 18.4 Å². The van der Waals surface area contributed by atoms with Gasteiger partial charge in [0, 0.05) is 6.04 Å². The van der Waals surface area contributed by atoms with Crippen molar-refractivity contribution in [3.05, 3.63) is 35.9 Å². The third-order valence-electron chi connectivity index (χ3n) is 3.73. The van der Waals surface area contributed by atoms with E-state index >= 15 is 0 Å². The van der Waals surface area contributed by atoms with E-state index in [0.29, 0.717) is 0 Å². The fourth-order valence-electron chi connectivity index (χ4n) is 2.56. The summed E-state index contributed by atoms with van der Waals surface area (Å²) < 4.78 is 9.99. The number of carbonyl (C=O) groups excluding carboxylic acids is 2. The number of hydrogen-bond acceptors (Lipinski definition) is 4. The summed E-state index contributed by atoms with van der Waals surface area (Å²) in [6.45, 7) is 0.166. The van der Waals surface area contributed by atoms with Crippen LogP contribution >= 0.6 is 0 Å². The van der Waals surface area contributed by atoms with E-state index in [2.05, 4.69) is 4.74 Å². The number of methoxy groups -OCH3 is 1. The van der Waals surface area contributed by atoms with E-state index in [4.69, 9.17) is 4.74 Å². The summed E-state index contributed by atoms with van der Waals surface area (Å²) >= 11 is 0. The third kappa shape index (κ3) is 4.48. The Balaban J connectivity index is 1.94. The normalized spacial score (nSPS) is 14.7. The van der Waals surface area contributed by atoms with Gasteiger partial charge < -0.3 is 9.47 Å². The Morgan fingerprint density at radius 2 is 1.86 bits per heavy atom. The second kappa shape index (κ2) is 7.67. The zero-order valence-corrected chi connectivity index (χ0v) is 12.3. The van der Waals surface area contributed by atoms with E-state index in [-0.39, 0.29) is 19.2 Å². The molecule has 1 fully saturated rings. The number of rotatable bonds is 5. The highest BCUT2D eigenvalue weighted by Gasteiger charge is 2.29. The van der Waals surface area contributed by atoms with Crippen LogP contribution in [0.25, 0.3) is 0 Å². The molecule has 21 heavy (non-hydrogen) atoms. The highest BCUT2D eigenvalue weighted by Crippen LogP contribution is 2.24. The number of nitrogens with zero attached hydrogens (tertiary/aromatic N) is 1. The van der Waals surface area contributed by atoms with Crippen LogP contribution < -0.4 is 0 Å². The topological polar surface area (TPSA) is 55.8 Å². The molecule has 1 aromatic rings. The highest BCUT2D eigenvalue weighted by molar-refractivity contribution is 5.78. The van der Waals surface area contributed by atoms with Gasteiger partial charge in [-0.3, -0.25) is 9.69 Å². The zero-order valence-electron chi connectivity index (χ0n) is 12.3. The maximum absolute atomic E-state index is 12.3. The van der Waals surface area contributed by atoms with Gasteiger partial charge in [0.2, 0.25) is 0 Å². The molecule has 1 aliphatic carbocycles. The van der Waals surface area contributed by atoms with Crippen LogP contribution in [0.2, 0.25) is 0 Å². The van der Waals surface area contributed by atoms with Crippen LogP contribution in [0.1, 0.15) is 31.2 Å². The molecule has 5 heteroatoms. The molecule has 2 rings (SSSR count). The number of ether oxygens (including phenoxy) is 2. The summed E-state index contributed by atoms with van der Waals surface area (Å²) in [4.78, 5) is 25.2. The zero-order chi connectivity index (χ0) is 15.1. The van der Waals surface area contributed by atoms with Crippen molar-refractivity contribution in [1.29, 1.82) is 0 Å². The maximum atomic E-state index is 12.3. The van der Waals surface area contributed by atoms with Crippen LogP contribution in [0.3, 0.4) is 0 Å². The van der Waals surface area contributed by atoms with Gasteiger partial charge in [0.1, 0.15) is 13.2 Å². The molecule has 1 aliphatic rings. The SMILES string of the molecule is COC(=O)CN(C(=O)OCc1ccccc1)C1CCCC1. The van der Waals surface area contributed by atoms with E-state index in [0.717, 1.165) is 31.2 Å². The summed E-state index contributed by atoms with van der Waals surface area (Å²) in [7, 11) is 1.32. The molecule has 5 nitrogen and oxygen atoms in total. The Bertz CT molecular complexity index is 468. The third-order valence-corrected chi connectivity index (χ3v) is 3.73. The van der Waals surface area contributed by atoms with Crippen molar-refractivity contribution in [1.82, 2.24) is 4.90 Å². The molecule has 0 aromatic heterocycles. The summed E-state index contributed by atoms with van der Waals surface area (Å²) in [5, 5.41) is 0. The lowest BCUT2D eigenvalue weighted by Gasteiger charge is -2.27. The quantitative estimate of drug-likeness (QED) is 0.783. The van der Waals surface area contributed by atoms with Crippen molar-refractivity contribution < 1.29 is 19.1 Å². The molecule has 0 aliphatic heterocycles. The van der Waals surface area contributed by atoms with E-state index < -0.39 is 12.1 Å². The van der Waals surface area contributed by atoms with Crippen molar-refractivity contribution in [3.8, 4) is 0 Å². The van der Waals surface area contributed by atoms with E-state index in [9.17, 15) is 9.59 Å². The number of benzene rings is 1. The lowest BCUT2D eigenvalue weighted by Crippen LogP contribution is -2.42. The van der Waals surface area contributed by atoms with Gasteiger partial charge in [-0.15, -0.1) is 0 Å². The van der Waals surface area contributed by atoms with Crippen molar-refractivity contribution in [2.24, 2.45) is 0 Å². The monoisotopic (exact) mass is 291 g/mol. The molecule has 0 atom stereocenters. The Morgan fingerprint density at radius 1 is 1.19 bits per heavy atom. The van der Waals surface area contributed by atoms with Crippen LogP contribution in [-0.2, 0) is 20.9 Å². The molecule has 0 unspecified atom stereocenters. The molecule has 1 aromatic carbocycles. The number of amides is 1. The number of carbonyl (C=O) groups is 2. The average Bonchev–Trinajstić information content (AvgIpc) is 3.05. The van der Waals surface area contributed by atoms with Gasteiger partial charge in [-0.2, -0.15) is 0 Å². The summed E-state index contributed by atoms with van der Waals surface area (Å²) in [5.74, 6) is -0.418. The fraction of sp³-hybridized carbons (Fsp3) is 0.500. The molecule has 114 valence electrons. The molecule has 0 bridgehead atoms. The molecule has 0 N–H and O–H groups in total. The first-order valence-electron chi connectivity index (χ1n) is 7.25. The first kappa shape index (κ1) is 15.4. The smallest absolute Gasteiger partial charge is 0.410 e. The Labute approximate surface area is 124 Å². The lowest BCUT2D eigenvalue weighted by molar-refractivity contribution is -0.142. The van der Waals surface area contributed by atoms with Crippen LogP contribution in [0, 0.1) is 0 Å². The van der Waals surface area contributed by atoms with E-state index in [1.807, 2.05) is 30.3 Å². The van der Waals surface area contributed by atoms with Gasteiger partial charge in [-0.25, -0.2) is 4.79 Å². The van der Waals surface area contributed by atoms with Crippen LogP contribution in [-0.4, -0.2) is 36.7 Å². The lowest BCUT2D eigenvalue weighted by atomic mass is 10.2. The second-order valence-electron chi connectivity index (χ2n) is 5.18. The van der Waals surface area contributed by atoms with Crippen molar-refractivity contribution in [3.63, 3.8) is 0 Å². The van der Waals surface area contributed by atoms with Gasteiger partial charge in [0.25, 0.3) is 0 Å². The van der Waals surface area contributed by atoms with Gasteiger partial charge in [-0.1, -0.05) is 43.2 Å². The predicted molar refractivity (Wildman–Crippen MR) is 77.6 cm³/mol. The standard InChI is InChI=1S/C16H21NO4/c1-20-15(18)11-17(14-9-5-6-10-14)16(19)21-12-13-7-3-2-4-8-13/h2-4,7-8,14H,5-6,9-12H2,1H3.